The van der Waals surface area contributed by atoms with E-state index in [9.17, 15) is 13.2 Å². The van der Waals surface area contributed by atoms with E-state index in [1.807, 2.05) is 24.3 Å². The zero-order valence-electron chi connectivity index (χ0n) is 14.9. The molecule has 138 valence electrons. The standard InChI is InChI=1S/C23H18ClF3/c1-22(2)19-6-4-3-5-17(19)18-12-9-15(13-20(18)22)21(23(25,26)27)14-7-10-16(24)11-8-14/h3-13,21H,1-2H3/t21-/m1/s1. The Morgan fingerprint density at radius 1 is 0.778 bits per heavy atom. The highest BCUT2D eigenvalue weighted by Crippen LogP contribution is 2.50. The van der Waals surface area contributed by atoms with E-state index in [4.69, 9.17) is 11.6 Å². The Labute approximate surface area is 161 Å². The van der Waals surface area contributed by atoms with Crippen molar-refractivity contribution in [2.24, 2.45) is 0 Å². The fraction of sp³-hybridized carbons (Fsp3) is 0.217. The van der Waals surface area contributed by atoms with Crippen LogP contribution in [0.25, 0.3) is 11.1 Å². The van der Waals surface area contributed by atoms with Crippen LogP contribution in [0.1, 0.15) is 42.0 Å². The first-order valence-corrected chi connectivity index (χ1v) is 9.14. The number of rotatable bonds is 2. The zero-order chi connectivity index (χ0) is 19.4. The van der Waals surface area contributed by atoms with Crippen molar-refractivity contribution in [1.29, 1.82) is 0 Å². The van der Waals surface area contributed by atoms with Gasteiger partial charge in [0.25, 0.3) is 0 Å². The summed E-state index contributed by atoms with van der Waals surface area (Å²) in [6.45, 7) is 4.12. The Morgan fingerprint density at radius 3 is 2.04 bits per heavy atom. The van der Waals surface area contributed by atoms with Gasteiger partial charge in [-0.25, -0.2) is 0 Å². The monoisotopic (exact) mass is 386 g/mol. The van der Waals surface area contributed by atoms with E-state index in [1.165, 1.54) is 24.3 Å². The zero-order valence-corrected chi connectivity index (χ0v) is 15.7. The third kappa shape index (κ3) is 2.94. The second-order valence-electron chi connectivity index (χ2n) is 7.50. The minimum absolute atomic E-state index is 0.195. The van der Waals surface area contributed by atoms with Gasteiger partial charge in [0.05, 0.1) is 0 Å². The number of hydrogen-bond donors (Lipinski definition) is 0. The normalized spacial score (nSPS) is 15.9. The lowest BCUT2D eigenvalue weighted by molar-refractivity contribution is -0.141. The molecule has 0 radical (unpaired) electrons. The van der Waals surface area contributed by atoms with Crippen molar-refractivity contribution in [3.05, 3.63) is 94.0 Å². The van der Waals surface area contributed by atoms with Gasteiger partial charge in [-0.3, -0.25) is 0 Å². The van der Waals surface area contributed by atoms with Crippen molar-refractivity contribution in [2.75, 3.05) is 0 Å². The molecule has 0 bridgehead atoms. The molecule has 0 N–H and O–H groups in total. The smallest absolute Gasteiger partial charge is 0.170 e. The average Bonchev–Trinajstić information content (AvgIpc) is 2.84. The molecule has 1 aliphatic rings. The van der Waals surface area contributed by atoms with Crippen LogP contribution in [0.4, 0.5) is 13.2 Å². The van der Waals surface area contributed by atoms with Gasteiger partial charge in [0, 0.05) is 10.4 Å². The van der Waals surface area contributed by atoms with Crippen LogP contribution in [0.5, 0.6) is 0 Å². The van der Waals surface area contributed by atoms with Crippen molar-refractivity contribution in [2.45, 2.75) is 31.4 Å². The minimum atomic E-state index is -4.39. The molecule has 0 heterocycles. The summed E-state index contributed by atoms with van der Waals surface area (Å²) in [6.07, 6.45) is -4.39. The average molecular weight is 387 g/mol. The highest BCUT2D eigenvalue weighted by Gasteiger charge is 2.43. The molecule has 3 aromatic carbocycles. The van der Waals surface area contributed by atoms with E-state index in [1.54, 1.807) is 12.1 Å². The summed E-state index contributed by atoms with van der Waals surface area (Å²) in [7, 11) is 0. The number of fused-ring (bicyclic) bond motifs is 3. The molecule has 0 aromatic heterocycles. The van der Waals surface area contributed by atoms with Crippen LogP contribution in [0, 0.1) is 0 Å². The maximum absolute atomic E-state index is 14.0. The highest BCUT2D eigenvalue weighted by molar-refractivity contribution is 6.30. The third-order valence-corrected chi connectivity index (χ3v) is 5.72. The molecule has 1 atom stereocenters. The first-order valence-electron chi connectivity index (χ1n) is 8.76. The van der Waals surface area contributed by atoms with Gasteiger partial charge in [0.15, 0.2) is 0 Å². The fourth-order valence-corrected chi connectivity index (χ4v) is 4.25. The van der Waals surface area contributed by atoms with Crippen molar-refractivity contribution in [3.8, 4) is 11.1 Å². The SMILES string of the molecule is CC1(C)c2ccccc2-c2ccc([C@@H](c3ccc(Cl)cc3)C(F)(F)F)cc21. The van der Waals surface area contributed by atoms with Gasteiger partial charge < -0.3 is 0 Å². The fourth-order valence-electron chi connectivity index (χ4n) is 4.13. The van der Waals surface area contributed by atoms with Crippen LogP contribution >= 0.6 is 11.6 Å². The number of hydrogen-bond acceptors (Lipinski definition) is 0. The van der Waals surface area contributed by atoms with Crippen LogP contribution in [0.15, 0.2) is 66.7 Å². The van der Waals surface area contributed by atoms with Gasteiger partial charge in [0.1, 0.15) is 5.92 Å². The van der Waals surface area contributed by atoms with Gasteiger partial charge in [-0.2, -0.15) is 13.2 Å². The number of alkyl halides is 3. The van der Waals surface area contributed by atoms with Crippen molar-refractivity contribution in [1.82, 2.24) is 0 Å². The van der Waals surface area contributed by atoms with Gasteiger partial charge in [-0.15, -0.1) is 0 Å². The van der Waals surface area contributed by atoms with Crippen LogP contribution in [-0.2, 0) is 5.41 Å². The molecular weight excluding hydrogens is 369 g/mol. The molecule has 0 nitrogen and oxygen atoms in total. The van der Waals surface area contributed by atoms with Gasteiger partial charge in [-0.1, -0.05) is 80.0 Å². The predicted molar refractivity (Wildman–Crippen MR) is 103 cm³/mol. The maximum Gasteiger partial charge on any atom is 0.399 e. The Kier molecular flexibility index (Phi) is 4.12. The Hall–Kier alpha value is -2.26. The molecule has 4 rings (SSSR count). The molecule has 0 aliphatic heterocycles. The predicted octanol–water partition coefficient (Wildman–Crippen LogP) is 7.34. The van der Waals surface area contributed by atoms with Crippen LogP contribution < -0.4 is 0 Å². The maximum atomic E-state index is 14.0. The Bertz CT molecular complexity index is 1000. The van der Waals surface area contributed by atoms with E-state index in [2.05, 4.69) is 19.9 Å². The molecule has 0 unspecified atom stereocenters. The molecule has 0 fully saturated rings. The largest absolute Gasteiger partial charge is 0.399 e. The van der Waals surface area contributed by atoms with Crippen molar-refractivity contribution in [3.63, 3.8) is 0 Å². The van der Waals surface area contributed by atoms with Gasteiger partial charge in [0.2, 0.25) is 0 Å². The molecule has 27 heavy (non-hydrogen) atoms. The summed E-state index contributed by atoms with van der Waals surface area (Å²) in [5, 5.41) is 0.421. The van der Waals surface area contributed by atoms with Crippen molar-refractivity contribution < 1.29 is 13.2 Å². The Morgan fingerprint density at radius 2 is 1.37 bits per heavy atom. The first kappa shape index (κ1) is 18.1. The molecule has 0 saturated carbocycles. The second-order valence-corrected chi connectivity index (χ2v) is 7.94. The lowest BCUT2D eigenvalue weighted by Crippen LogP contribution is -2.23. The lowest BCUT2D eigenvalue weighted by Gasteiger charge is -2.25. The van der Waals surface area contributed by atoms with E-state index in [-0.39, 0.29) is 16.5 Å². The Balaban J connectivity index is 1.88. The topological polar surface area (TPSA) is 0 Å². The molecule has 0 spiro atoms. The quantitative estimate of drug-likeness (QED) is 0.432. The first-order chi connectivity index (χ1) is 12.7. The molecule has 0 saturated heterocycles. The molecular formula is C23H18ClF3. The summed E-state index contributed by atoms with van der Waals surface area (Å²) >= 11 is 5.86. The molecule has 3 aromatic rings. The number of benzene rings is 3. The third-order valence-electron chi connectivity index (χ3n) is 5.47. The van der Waals surface area contributed by atoms with E-state index in [0.29, 0.717) is 5.02 Å². The van der Waals surface area contributed by atoms with Gasteiger partial charge >= 0.3 is 6.18 Å². The second kappa shape index (κ2) is 6.13. The minimum Gasteiger partial charge on any atom is -0.170 e. The summed E-state index contributed by atoms with van der Waals surface area (Å²) in [4.78, 5) is 0. The highest BCUT2D eigenvalue weighted by atomic mass is 35.5. The number of halogens is 4. The van der Waals surface area contributed by atoms with Crippen molar-refractivity contribution >= 4 is 11.6 Å². The summed E-state index contributed by atoms with van der Waals surface area (Å²) in [5.74, 6) is -1.68. The van der Waals surface area contributed by atoms with Crippen LogP contribution in [-0.4, -0.2) is 6.18 Å². The van der Waals surface area contributed by atoms with Crippen LogP contribution in [0.2, 0.25) is 5.02 Å². The van der Waals surface area contributed by atoms with E-state index >= 15 is 0 Å². The molecule has 1 aliphatic carbocycles. The van der Waals surface area contributed by atoms with Gasteiger partial charge in [-0.05, 0) is 45.5 Å². The lowest BCUT2D eigenvalue weighted by atomic mass is 9.80. The molecule has 4 heteroatoms. The summed E-state index contributed by atoms with van der Waals surface area (Å²) < 4.78 is 41.9. The van der Waals surface area contributed by atoms with Crippen LogP contribution in [0.3, 0.4) is 0 Å². The van der Waals surface area contributed by atoms with E-state index < -0.39 is 12.1 Å². The summed E-state index contributed by atoms with van der Waals surface area (Å²) in [6, 6.07) is 19.1. The molecule has 0 amide bonds. The summed E-state index contributed by atoms with van der Waals surface area (Å²) in [5.41, 5.74) is 4.30. The van der Waals surface area contributed by atoms with E-state index in [0.717, 1.165) is 22.3 Å².